The van der Waals surface area contributed by atoms with Crippen molar-refractivity contribution in [3.05, 3.63) is 59.9 Å². The van der Waals surface area contributed by atoms with Gasteiger partial charge >= 0.3 is 12.2 Å². The van der Waals surface area contributed by atoms with Crippen molar-refractivity contribution < 1.29 is 46.9 Å². The highest BCUT2D eigenvalue weighted by Gasteiger charge is 2.40. The number of halogens is 2. The van der Waals surface area contributed by atoms with Crippen LogP contribution in [0.15, 0.2) is 36.4 Å². The molecule has 58 heavy (non-hydrogen) atoms. The summed E-state index contributed by atoms with van der Waals surface area (Å²) in [4.78, 5) is 68.7. The Morgan fingerprint density at radius 2 is 1.09 bits per heavy atom. The molecular formula is C40H46F2N8O8. The van der Waals surface area contributed by atoms with Crippen LogP contribution >= 0.6 is 0 Å². The number of alkyl carbamates (subject to hydrolysis) is 2. The number of imidazole rings is 2. The summed E-state index contributed by atoms with van der Waals surface area (Å²) in [5.41, 5.74) is 1.05. The average Bonchev–Trinajstić information content (AvgIpc) is 4.03. The van der Waals surface area contributed by atoms with Gasteiger partial charge in [0.25, 0.3) is 0 Å². The minimum atomic E-state index is -0.831. The molecule has 0 bridgehead atoms. The van der Waals surface area contributed by atoms with Gasteiger partial charge in [-0.05, 0) is 73.9 Å². The number of rotatable bonds is 10. The van der Waals surface area contributed by atoms with Crippen molar-refractivity contribution in [1.82, 2.24) is 40.4 Å². The van der Waals surface area contributed by atoms with E-state index in [4.69, 9.17) is 18.9 Å². The first kappa shape index (κ1) is 40.0. The number of carbonyl (C=O) groups is 4. The summed E-state index contributed by atoms with van der Waals surface area (Å²) < 4.78 is 52.8. The van der Waals surface area contributed by atoms with Gasteiger partial charge in [-0.2, -0.15) is 8.78 Å². The number of nitrogens with zero attached hydrogens (tertiary/aromatic N) is 4. The van der Waals surface area contributed by atoms with Crippen molar-refractivity contribution in [3.63, 3.8) is 0 Å². The van der Waals surface area contributed by atoms with Crippen LogP contribution in [0.25, 0.3) is 22.5 Å². The SMILES string of the molecule is COC(=O)N[C@H](C(=O)N1CCC[C@H]1c1nc(F)c(-c2ccc3c(c2)Oc2ccc(-c4[nH]c([C@@H]5CCCN5C(=O)[C@@H](NC(=O)OC)C(C)C)nc4F)cc2O3)[nH]1)C(C)C. The van der Waals surface area contributed by atoms with E-state index in [-0.39, 0.29) is 46.7 Å². The molecule has 0 saturated carbocycles. The van der Waals surface area contributed by atoms with Crippen molar-refractivity contribution in [2.75, 3.05) is 27.3 Å². The zero-order valence-corrected chi connectivity index (χ0v) is 33.0. The molecule has 4 N–H and O–H groups in total. The lowest BCUT2D eigenvalue weighted by Crippen LogP contribution is -2.51. The Bertz CT molecular complexity index is 2070. The predicted molar refractivity (Wildman–Crippen MR) is 204 cm³/mol. The standard InChI is InChI=1S/C40H46F2N8O8/c1-19(2)29(45-39(53)55-5)37(51)49-15-7-9-23(49)35-43-31(33(41)47-35)21-11-13-25-27(17-21)57-26-14-12-22(18-28(26)58-25)32-34(42)48-36(44-32)24-10-8-16-50(24)38(52)30(20(3)4)46-40(54)56-6/h11-14,17-20,23-24,29-30H,7-10,15-16H2,1-6H3,(H,43,47)(H,44,48)(H,45,53)(H,46,54)/t23-,24-,29-,30-/m0/s1. The predicted octanol–water partition coefficient (Wildman–Crippen LogP) is 6.73. The molecule has 16 nitrogen and oxygen atoms in total. The fourth-order valence-electron chi connectivity index (χ4n) is 7.71. The zero-order chi connectivity index (χ0) is 41.4. The van der Waals surface area contributed by atoms with E-state index < -0.39 is 48.2 Å². The van der Waals surface area contributed by atoms with Crippen molar-refractivity contribution in [2.45, 2.75) is 77.5 Å². The van der Waals surface area contributed by atoms with E-state index >= 15 is 8.78 Å². The number of likely N-dealkylation sites (tertiary alicyclic amines) is 2. The fourth-order valence-corrected chi connectivity index (χ4v) is 7.71. The van der Waals surface area contributed by atoms with Crippen LogP contribution in [0, 0.1) is 23.7 Å². The second-order valence-corrected chi connectivity index (χ2v) is 15.2. The van der Waals surface area contributed by atoms with Crippen LogP contribution in [0.4, 0.5) is 18.4 Å². The van der Waals surface area contributed by atoms with Gasteiger partial charge in [-0.3, -0.25) is 9.59 Å². The molecule has 4 aromatic rings. The molecule has 0 unspecified atom stereocenters. The Morgan fingerprint density at radius 3 is 1.45 bits per heavy atom. The monoisotopic (exact) mass is 804 g/mol. The summed E-state index contributed by atoms with van der Waals surface area (Å²) >= 11 is 0. The Kier molecular flexibility index (Phi) is 11.3. The van der Waals surface area contributed by atoms with Crippen LogP contribution in [-0.4, -0.2) is 93.1 Å². The number of amides is 4. The first-order valence-corrected chi connectivity index (χ1v) is 19.2. The number of H-pyrrole nitrogens is 2. The number of aromatic nitrogens is 4. The van der Waals surface area contributed by atoms with Gasteiger partial charge in [0.05, 0.1) is 26.3 Å². The quantitative estimate of drug-likeness (QED) is 0.118. The lowest BCUT2D eigenvalue weighted by atomic mass is 10.0. The molecule has 2 fully saturated rings. The summed E-state index contributed by atoms with van der Waals surface area (Å²) in [6, 6.07) is 7.03. The zero-order valence-electron chi connectivity index (χ0n) is 33.0. The molecular weight excluding hydrogens is 758 g/mol. The number of fused-ring (bicyclic) bond motifs is 2. The average molecular weight is 805 g/mol. The summed E-state index contributed by atoms with van der Waals surface area (Å²) in [7, 11) is 2.46. The van der Waals surface area contributed by atoms with E-state index in [1.54, 1.807) is 46.2 Å². The highest BCUT2D eigenvalue weighted by Crippen LogP contribution is 2.48. The van der Waals surface area contributed by atoms with Gasteiger partial charge in [0, 0.05) is 24.2 Å². The topological polar surface area (TPSA) is 193 Å². The molecule has 0 radical (unpaired) electrons. The molecule has 3 aliphatic rings. The van der Waals surface area contributed by atoms with Gasteiger partial charge in [0.15, 0.2) is 23.0 Å². The van der Waals surface area contributed by atoms with Gasteiger partial charge in [-0.25, -0.2) is 19.6 Å². The largest absolute Gasteiger partial charge is 0.453 e. The highest BCUT2D eigenvalue weighted by molar-refractivity contribution is 5.87. The number of aromatic amines is 2. The third kappa shape index (κ3) is 7.74. The Balaban J connectivity index is 1.07. The van der Waals surface area contributed by atoms with Crippen molar-refractivity contribution in [1.29, 1.82) is 0 Å². The molecule has 3 aliphatic heterocycles. The second kappa shape index (κ2) is 16.3. The maximum atomic E-state index is 15.5. The molecule has 0 aliphatic carbocycles. The van der Waals surface area contributed by atoms with Crippen molar-refractivity contribution >= 4 is 24.0 Å². The smallest absolute Gasteiger partial charge is 0.407 e. The molecule has 308 valence electrons. The van der Waals surface area contributed by atoms with Gasteiger partial charge < -0.3 is 49.3 Å². The number of hydrogen-bond donors (Lipinski definition) is 4. The highest BCUT2D eigenvalue weighted by atomic mass is 19.1. The number of hydrogen-bond acceptors (Lipinski definition) is 10. The molecule has 18 heteroatoms. The molecule has 7 rings (SSSR count). The Labute approximate surface area is 333 Å². The lowest BCUT2D eigenvalue weighted by molar-refractivity contribution is -0.136. The lowest BCUT2D eigenvalue weighted by Gasteiger charge is -2.29. The fraction of sp³-hybridized carbons (Fsp3) is 0.450. The minimum absolute atomic E-state index is 0.0995. The molecule has 2 aromatic heterocycles. The Morgan fingerprint density at radius 1 is 0.690 bits per heavy atom. The van der Waals surface area contributed by atoms with Crippen LogP contribution in [0.2, 0.25) is 0 Å². The number of carbonyl (C=O) groups excluding carboxylic acids is 4. The minimum Gasteiger partial charge on any atom is -0.453 e. The number of nitrogens with one attached hydrogen (secondary N) is 4. The van der Waals surface area contributed by atoms with E-state index in [0.29, 0.717) is 72.9 Å². The van der Waals surface area contributed by atoms with Crippen LogP contribution in [0.1, 0.15) is 77.1 Å². The molecule has 4 amide bonds. The molecule has 2 aromatic carbocycles. The first-order valence-electron chi connectivity index (χ1n) is 19.2. The Hall–Kier alpha value is -6.20. The maximum Gasteiger partial charge on any atom is 0.407 e. The second-order valence-electron chi connectivity index (χ2n) is 15.2. The molecule has 5 heterocycles. The van der Waals surface area contributed by atoms with Crippen molar-refractivity contribution in [2.24, 2.45) is 11.8 Å². The molecule has 4 atom stereocenters. The van der Waals surface area contributed by atoms with Crippen LogP contribution in [0.3, 0.4) is 0 Å². The van der Waals surface area contributed by atoms with E-state index in [9.17, 15) is 19.2 Å². The van der Waals surface area contributed by atoms with E-state index in [1.807, 2.05) is 27.7 Å². The summed E-state index contributed by atoms with van der Waals surface area (Å²) in [6.45, 7) is 8.10. The number of benzene rings is 2. The van der Waals surface area contributed by atoms with E-state index in [0.717, 1.165) is 0 Å². The summed E-state index contributed by atoms with van der Waals surface area (Å²) in [5, 5.41) is 5.21. The summed E-state index contributed by atoms with van der Waals surface area (Å²) in [5.74, 6) is -0.722. The van der Waals surface area contributed by atoms with Crippen molar-refractivity contribution in [3.8, 4) is 45.5 Å². The van der Waals surface area contributed by atoms with E-state index in [2.05, 4.69) is 30.6 Å². The first-order chi connectivity index (χ1) is 27.8. The third-order valence-electron chi connectivity index (χ3n) is 10.7. The molecule has 2 saturated heterocycles. The maximum absolute atomic E-state index is 15.5. The van der Waals surface area contributed by atoms with Gasteiger partial charge in [0.2, 0.25) is 23.7 Å². The number of ether oxygens (including phenoxy) is 4. The van der Waals surface area contributed by atoms with Gasteiger partial charge in [0.1, 0.15) is 35.1 Å². The normalized spacial score (nSPS) is 18.2. The number of methoxy groups -OCH3 is 2. The third-order valence-corrected chi connectivity index (χ3v) is 10.7. The van der Waals surface area contributed by atoms with Crippen LogP contribution in [-0.2, 0) is 19.1 Å². The molecule has 0 spiro atoms. The van der Waals surface area contributed by atoms with Crippen LogP contribution in [0.5, 0.6) is 23.0 Å². The van der Waals surface area contributed by atoms with E-state index in [1.165, 1.54) is 14.2 Å². The van der Waals surface area contributed by atoms with Crippen LogP contribution < -0.4 is 20.1 Å². The van der Waals surface area contributed by atoms with Gasteiger partial charge in [-0.1, -0.05) is 27.7 Å². The summed E-state index contributed by atoms with van der Waals surface area (Å²) in [6.07, 6.45) is 1.02. The van der Waals surface area contributed by atoms with Gasteiger partial charge in [-0.15, -0.1) is 0 Å².